The molecule has 0 amide bonds. The highest BCUT2D eigenvalue weighted by Crippen LogP contribution is 2.47. The highest BCUT2D eigenvalue weighted by atomic mass is 35.5. The molecule has 5 nitrogen and oxygen atoms in total. The molecule has 122 valence electrons. The van der Waals surface area contributed by atoms with Gasteiger partial charge in [-0.05, 0) is 45.6 Å². The summed E-state index contributed by atoms with van der Waals surface area (Å²) in [6, 6.07) is 0.220. The van der Waals surface area contributed by atoms with Gasteiger partial charge in [0.1, 0.15) is 12.3 Å². The van der Waals surface area contributed by atoms with Crippen molar-refractivity contribution in [3.63, 3.8) is 0 Å². The summed E-state index contributed by atoms with van der Waals surface area (Å²) in [4.78, 5) is 11.3. The number of aromatic nitrogens is 2. The molecule has 0 radical (unpaired) electrons. The average molecular weight is 344 g/mol. The Hall–Kier alpha value is -0.720. The normalized spacial score (nSPS) is 27.9. The third-order valence-corrected chi connectivity index (χ3v) is 5.83. The van der Waals surface area contributed by atoms with Gasteiger partial charge in [0.05, 0.1) is 29.5 Å². The first kappa shape index (κ1) is 16.1. The molecule has 0 aromatic carbocycles. The van der Waals surface area contributed by atoms with Crippen LogP contribution in [-0.4, -0.2) is 47.6 Å². The molecule has 2 aliphatic heterocycles. The summed E-state index contributed by atoms with van der Waals surface area (Å²) in [5.74, 6) is 1.55. The maximum Gasteiger partial charge on any atom is 0.224 e. The average Bonchev–Trinajstić information content (AvgIpc) is 2.45. The second-order valence-corrected chi connectivity index (χ2v) is 8.50. The van der Waals surface area contributed by atoms with Crippen molar-refractivity contribution < 1.29 is 9.47 Å². The molecule has 0 saturated carbocycles. The summed E-state index contributed by atoms with van der Waals surface area (Å²) >= 11 is 7.94. The molecule has 2 atom stereocenters. The lowest BCUT2D eigenvalue weighted by Gasteiger charge is -2.51. The second-order valence-electron chi connectivity index (χ2n) is 6.73. The molecule has 22 heavy (non-hydrogen) atoms. The fourth-order valence-electron chi connectivity index (χ4n) is 3.14. The van der Waals surface area contributed by atoms with Crippen LogP contribution in [0.15, 0.2) is 0 Å². The fourth-order valence-corrected chi connectivity index (χ4v) is 3.64. The van der Waals surface area contributed by atoms with E-state index in [0.29, 0.717) is 19.8 Å². The Balaban J connectivity index is 2.18. The third kappa shape index (κ3) is 2.45. The van der Waals surface area contributed by atoms with Gasteiger partial charge in [-0.15, -0.1) is 0 Å². The lowest BCUT2D eigenvalue weighted by atomic mass is 9.95. The van der Waals surface area contributed by atoms with Crippen molar-refractivity contribution in [3.05, 3.63) is 11.0 Å². The maximum atomic E-state index is 6.22. The van der Waals surface area contributed by atoms with Gasteiger partial charge in [0.15, 0.2) is 11.6 Å². The second kappa shape index (κ2) is 5.42. The molecular formula is C15H22ClN3O2S. The van der Waals surface area contributed by atoms with Crippen LogP contribution in [0.5, 0.6) is 5.75 Å². The zero-order chi connectivity index (χ0) is 16.1. The molecule has 0 spiro atoms. The van der Waals surface area contributed by atoms with E-state index in [1.807, 2.05) is 0 Å². The van der Waals surface area contributed by atoms with Gasteiger partial charge in [-0.1, -0.05) is 0 Å². The molecule has 2 aliphatic rings. The Morgan fingerprint density at radius 2 is 2.09 bits per heavy atom. The van der Waals surface area contributed by atoms with Crippen molar-refractivity contribution in [1.29, 1.82) is 0 Å². The third-order valence-electron chi connectivity index (χ3n) is 4.45. The molecular weight excluding hydrogens is 322 g/mol. The topological polar surface area (TPSA) is 47.5 Å². The Bertz CT molecular complexity index is 598. The highest BCUT2D eigenvalue weighted by Gasteiger charge is 2.47. The van der Waals surface area contributed by atoms with E-state index in [9.17, 15) is 0 Å². The van der Waals surface area contributed by atoms with Crippen LogP contribution in [0, 0.1) is 0 Å². The molecule has 0 aliphatic carbocycles. The van der Waals surface area contributed by atoms with E-state index in [-0.39, 0.29) is 21.6 Å². The van der Waals surface area contributed by atoms with Gasteiger partial charge in [0.2, 0.25) is 5.28 Å². The van der Waals surface area contributed by atoms with Gasteiger partial charge >= 0.3 is 0 Å². The van der Waals surface area contributed by atoms with Gasteiger partial charge in [0, 0.05) is 0 Å². The summed E-state index contributed by atoms with van der Waals surface area (Å²) in [5.41, 5.74) is 0.638. The van der Waals surface area contributed by atoms with Crippen LogP contribution in [0.3, 0.4) is 0 Å². The molecule has 3 rings (SSSR count). The molecule has 0 N–H and O–H groups in total. The Morgan fingerprint density at radius 3 is 2.77 bits per heavy atom. The predicted octanol–water partition coefficient (Wildman–Crippen LogP) is 3.10. The van der Waals surface area contributed by atoms with Crippen molar-refractivity contribution in [1.82, 2.24) is 9.97 Å². The number of hydrogen-bond acceptors (Lipinski definition) is 6. The minimum absolute atomic E-state index is 0.195. The fraction of sp³-hybridized carbons (Fsp3) is 0.733. The summed E-state index contributed by atoms with van der Waals surface area (Å²) < 4.78 is 11.6. The number of halogens is 1. The van der Waals surface area contributed by atoms with Gasteiger partial charge in [-0.25, -0.2) is 4.98 Å². The van der Waals surface area contributed by atoms with Crippen LogP contribution in [0.4, 0.5) is 5.82 Å². The van der Waals surface area contributed by atoms with E-state index in [1.54, 1.807) is 11.8 Å². The van der Waals surface area contributed by atoms with Crippen LogP contribution in [-0.2, 0) is 9.48 Å². The largest absolute Gasteiger partial charge is 0.485 e. The maximum absolute atomic E-state index is 6.22. The van der Waals surface area contributed by atoms with Crippen molar-refractivity contribution in [2.24, 2.45) is 0 Å². The van der Waals surface area contributed by atoms with Crippen molar-refractivity contribution in [2.75, 3.05) is 31.0 Å². The molecule has 1 aromatic rings. The van der Waals surface area contributed by atoms with Crippen LogP contribution < -0.4 is 9.64 Å². The van der Waals surface area contributed by atoms with Gasteiger partial charge in [-0.2, -0.15) is 16.7 Å². The minimum atomic E-state index is -0.219. The standard InChI is InChI=1S/C15H22ClN3O2S/c1-9-6-20-7-15(4)8-21-10-11(14(2,3)22-5)17-13(16)18-12(10)19(9)15/h9H,6-8H2,1-5H3/t9-,15+/m1/s1. The number of nitrogens with zero attached hydrogens (tertiary/aromatic N) is 3. The number of thioether (sulfide) groups is 1. The van der Waals surface area contributed by atoms with Crippen LogP contribution in [0.2, 0.25) is 5.28 Å². The SMILES string of the molecule is CSC(C)(C)c1nc(Cl)nc2c1OC[C@]1(C)COC[C@@H](C)N21. The number of rotatable bonds is 2. The molecule has 7 heteroatoms. The monoisotopic (exact) mass is 343 g/mol. The van der Waals surface area contributed by atoms with Crippen LogP contribution >= 0.6 is 23.4 Å². The Morgan fingerprint density at radius 1 is 1.36 bits per heavy atom. The predicted molar refractivity (Wildman–Crippen MR) is 90.2 cm³/mol. The minimum Gasteiger partial charge on any atom is -0.485 e. The summed E-state index contributed by atoms with van der Waals surface area (Å²) in [6.07, 6.45) is 2.06. The van der Waals surface area contributed by atoms with E-state index >= 15 is 0 Å². The summed E-state index contributed by atoms with van der Waals surface area (Å²) in [7, 11) is 0. The van der Waals surface area contributed by atoms with E-state index in [0.717, 1.165) is 17.3 Å². The zero-order valence-corrected chi connectivity index (χ0v) is 15.2. The number of morpholine rings is 1. The summed E-state index contributed by atoms with van der Waals surface area (Å²) in [6.45, 7) is 10.4. The van der Waals surface area contributed by atoms with Crippen molar-refractivity contribution in [2.45, 2.75) is 44.0 Å². The smallest absolute Gasteiger partial charge is 0.224 e. The van der Waals surface area contributed by atoms with E-state index in [4.69, 9.17) is 21.1 Å². The van der Waals surface area contributed by atoms with E-state index in [1.165, 1.54) is 0 Å². The molecule has 1 aromatic heterocycles. The van der Waals surface area contributed by atoms with Gasteiger partial charge < -0.3 is 14.4 Å². The summed E-state index contributed by atoms with van der Waals surface area (Å²) in [5, 5.41) is 0.266. The Labute approximate surface area is 140 Å². The number of ether oxygens (including phenoxy) is 2. The van der Waals surface area contributed by atoms with Gasteiger partial charge in [-0.3, -0.25) is 0 Å². The quantitative estimate of drug-likeness (QED) is 0.769. The first-order valence-corrected chi connectivity index (χ1v) is 9.02. The van der Waals surface area contributed by atoms with Crippen molar-refractivity contribution in [3.8, 4) is 5.75 Å². The lowest BCUT2D eigenvalue weighted by Crippen LogP contribution is -2.64. The van der Waals surface area contributed by atoms with Gasteiger partial charge in [0.25, 0.3) is 0 Å². The van der Waals surface area contributed by atoms with Crippen LogP contribution in [0.1, 0.15) is 33.4 Å². The molecule has 3 heterocycles. The first-order valence-electron chi connectivity index (χ1n) is 7.41. The van der Waals surface area contributed by atoms with Crippen LogP contribution in [0.25, 0.3) is 0 Å². The molecule has 1 fully saturated rings. The van der Waals surface area contributed by atoms with Crippen molar-refractivity contribution >= 4 is 29.2 Å². The molecule has 0 bridgehead atoms. The Kier molecular flexibility index (Phi) is 3.98. The van der Waals surface area contributed by atoms with E-state index < -0.39 is 0 Å². The zero-order valence-electron chi connectivity index (χ0n) is 13.6. The highest BCUT2D eigenvalue weighted by molar-refractivity contribution is 7.99. The van der Waals surface area contributed by atoms with E-state index in [2.05, 4.69) is 48.8 Å². The number of fused-ring (bicyclic) bond motifs is 3. The number of hydrogen-bond donors (Lipinski definition) is 0. The number of anilines is 1. The first-order chi connectivity index (χ1) is 10.3. The lowest BCUT2D eigenvalue weighted by molar-refractivity contribution is 0.00703. The molecule has 0 unspecified atom stereocenters. The molecule has 1 saturated heterocycles.